The van der Waals surface area contributed by atoms with Gasteiger partial charge in [-0.15, -0.1) is 0 Å². The van der Waals surface area contributed by atoms with Crippen LogP contribution in [0.2, 0.25) is 0 Å². The summed E-state index contributed by atoms with van der Waals surface area (Å²) < 4.78 is 6.26. The Labute approximate surface area is 70.8 Å². The van der Waals surface area contributed by atoms with Crippen molar-refractivity contribution in [3.63, 3.8) is 0 Å². The lowest BCUT2D eigenvalue weighted by atomic mass is 10.5. The maximum Gasteiger partial charge on any atom is 0.180 e. The van der Waals surface area contributed by atoms with Crippen LogP contribution in [0.25, 0.3) is 0 Å². The molecule has 2 aromatic rings. The third kappa shape index (κ3) is 3.01. The van der Waals surface area contributed by atoms with E-state index in [9.17, 15) is 0 Å². The van der Waals surface area contributed by atoms with E-state index in [0.717, 1.165) is 5.69 Å². The summed E-state index contributed by atoms with van der Waals surface area (Å²) in [4.78, 5) is 3.56. The smallest absolute Gasteiger partial charge is 0.180 e. The molecular weight excluding hydrogens is 154 g/mol. The van der Waals surface area contributed by atoms with E-state index < -0.39 is 0 Å². The van der Waals surface area contributed by atoms with Crippen molar-refractivity contribution in [2.75, 3.05) is 0 Å². The van der Waals surface area contributed by atoms with Gasteiger partial charge in [0, 0.05) is 13.2 Å². The number of oxazole rings is 1. The predicted octanol–water partition coefficient (Wildman–Crippen LogP) is 1.40. The normalized spacial score (nSPS) is 8.83. The molecule has 2 rings (SSSR count). The first-order valence-corrected chi connectivity index (χ1v) is 3.57. The summed E-state index contributed by atoms with van der Waals surface area (Å²) in [6, 6.07) is 1.97. The molecule has 12 heavy (non-hydrogen) atoms. The topological polar surface area (TPSA) is 43.9 Å². The summed E-state index contributed by atoms with van der Waals surface area (Å²) in [7, 11) is 1.91. The molecule has 64 valence electrons. The average molecular weight is 165 g/mol. The minimum atomic E-state index is 1.07. The van der Waals surface area contributed by atoms with Crippen LogP contribution in [0.3, 0.4) is 0 Å². The van der Waals surface area contributed by atoms with E-state index in [1.54, 1.807) is 10.9 Å². The van der Waals surface area contributed by atoms with Gasteiger partial charge in [0.2, 0.25) is 0 Å². The van der Waals surface area contributed by atoms with Crippen LogP contribution in [0, 0.1) is 6.92 Å². The van der Waals surface area contributed by atoms with Crippen molar-refractivity contribution in [2.45, 2.75) is 6.92 Å². The summed E-state index contributed by atoms with van der Waals surface area (Å²) in [6.07, 6.45) is 6.40. The van der Waals surface area contributed by atoms with E-state index in [1.165, 1.54) is 12.7 Å². The molecule has 0 atom stereocenters. The first-order chi connectivity index (χ1) is 5.79. The third-order valence-corrected chi connectivity index (χ3v) is 1.19. The molecule has 0 N–H and O–H groups in total. The number of aromatic nitrogens is 3. The second-order valence-corrected chi connectivity index (χ2v) is 2.31. The first-order valence-electron chi connectivity index (χ1n) is 3.57. The molecule has 0 aliphatic carbocycles. The van der Waals surface area contributed by atoms with Crippen molar-refractivity contribution in [3.8, 4) is 0 Å². The Hall–Kier alpha value is -1.58. The van der Waals surface area contributed by atoms with Crippen LogP contribution in [0.5, 0.6) is 0 Å². The number of hydrogen-bond donors (Lipinski definition) is 0. The molecular formula is C8H11N3O. The summed E-state index contributed by atoms with van der Waals surface area (Å²) in [5, 5.41) is 4.03. The molecule has 2 heterocycles. The van der Waals surface area contributed by atoms with Crippen LogP contribution in [0.1, 0.15) is 5.69 Å². The number of aryl methyl sites for hydroxylation is 2. The fourth-order valence-corrected chi connectivity index (χ4v) is 0.707. The van der Waals surface area contributed by atoms with Gasteiger partial charge in [-0.2, -0.15) is 5.10 Å². The fraction of sp³-hybridized carbons (Fsp3) is 0.250. The van der Waals surface area contributed by atoms with Crippen molar-refractivity contribution in [2.24, 2.45) is 7.05 Å². The zero-order valence-corrected chi connectivity index (χ0v) is 7.14. The number of rotatable bonds is 0. The zero-order valence-electron chi connectivity index (χ0n) is 7.14. The van der Waals surface area contributed by atoms with Gasteiger partial charge < -0.3 is 4.42 Å². The van der Waals surface area contributed by atoms with Crippen LogP contribution in [-0.4, -0.2) is 14.8 Å². The standard InChI is InChI=1S/C5H8N2.C3H3NO/c1-5-3-4-7(2)6-5;1-2-5-3-4-1/h3-4H,1-2H3;1-3H. The monoisotopic (exact) mass is 165 g/mol. The lowest BCUT2D eigenvalue weighted by Crippen LogP contribution is -1.86. The number of hydrogen-bond acceptors (Lipinski definition) is 3. The van der Waals surface area contributed by atoms with E-state index in [4.69, 9.17) is 0 Å². The molecule has 0 saturated heterocycles. The van der Waals surface area contributed by atoms with Crippen molar-refractivity contribution in [1.82, 2.24) is 14.8 Å². The Kier molecular flexibility index (Phi) is 3.07. The Bertz CT molecular complexity index is 266. The van der Waals surface area contributed by atoms with Gasteiger partial charge in [0.25, 0.3) is 0 Å². The van der Waals surface area contributed by atoms with Crippen LogP contribution in [-0.2, 0) is 7.05 Å². The maximum absolute atomic E-state index is 4.47. The van der Waals surface area contributed by atoms with E-state index >= 15 is 0 Å². The summed E-state index contributed by atoms with van der Waals surface area (Å²) in [5.41, 5.74) is 1.07. The highest BCUT2D eigenvalue weighted by Crippen LogP contribution is 1.86. The maximum atomic E-state index is 4.47. The van der Waals surface area contributed by atoms with Gasteiger partial charge in [0.15, 0.2) is 6.39 Å². The lowest BCUT2D eigenvalue weighted by Gasteiger charge is -1.79. The van der Waals surface area contributed by atoms with E-state index in [2.05, 4.69) is 14.5 Å². The molecule has 0 bridgehead atoms. The molecule has 4 heteroatoms. The minimum Gasteiger partial charge on any atom is -0.452 e. The van der Waals surface area contributed by atoms with Gasteiger partial charge >= 0.3 is 0 Å². The molecule has 0 fully saturated rings. The Morgan fingerprint density at radius 1 is 1.50 bits per heavy atom. The molecule has 0 radical (unpaired) electrons. The highest BCUT2D eigenvalue weighted by molar-refractivity contribution is 4.93. The van der Waals surface area contributed by atoms with Gasteiger partial charge in [0.1, 0.15) is 6.26 Å². The second-order valence-electron chi connectivity index (χ2n) is 2.31. The largest absolute Gasteiger partial charge is 0.452 e. The molecule has 4 nitrogen and oxygen atoms in total. The molecule has 0 unspecified atom stereocenters. The quantitative estimate of drug-likeness (QED) is 0.592. The Morgan fingerprint density at radius 2 is 2.33 bits per heavy atom. The van der Waals surface area contributed by atoms with Crippen LogP contribution in [0.15, 0.2) is 35.5 Å². The van der Waals surface area contributed by atoms with Crippen molar-refractivity contribution in [3.05, 3.63) is 36.8 Å². The summed E-state index contributed by atoms with van der Waals surface area (Å²) in [5.74, 6) is 0. The van der Waals surface area contributed by atoms with Gasteiger partial charge in [-0.1, -0.05) is 0 Å². The molecule has 0 saturated carbocycles. The van der Waals surface area contributed by atoms with Crippen molar-refractivity contribution < 1.29 is 4.42 Å². The van der Waals surface area contributed by atoms with Gasteiger partial charge in [0.05, 0.1) is 11.9 Å². The fourth-order valence-electron chi connectivity index (χ4n) is 0.707. The Morgan fingerprint density at radius 3 is 2.50 bits per heavy atom. The van der Waals surface area contributed by atoms with Crippen LogP contribution < -0.4 is 0 Å². The van der Waals surface area contributed by atoms with Gasteiger partial charge in [-0.3, -0.25) is 4.68 Å². The van der Waals surface area contributed by atoms with E-state index in [-0.39, 0.29) is 0 Å². The molecule has 0 aliphatic rings. The predicted molar refractivity (Wildman–Crippen MR) is 44.4 cm³/mol. The zero-order chi connectivity index (χ0) is 8.81. The van der Waals surface area contributed by atoms with Crippen LogP contribution in [0.4, 0.5) is 0 Å². The lowest BCUT2D eigenvalue weighted by molar-refractivity contribution is 0.558. The van der Waals surface area contributed by atoms with E-state index in [1.807, 2.05) is 26.2 Å². The van der Waals surface area contributed by atoms with Crippen molar-refractivity contribution >= 4 is 0 Å². The average Bonchev–Trinajstić information content (AvgIpc) is 2.63. The molecule has 2 aromatic heterocycles. The first kappa shape index (κ1) is 8.52. The molecule has 0 amide bonds. The highest BCUT2D eigenvalue weighted by atomic mass is 16.3. The Balaban J connectivity index is 0.000000127. The van der Waals surface area contributed by atoms with Crippen molar-refractivity contribution in [1.29, 1.82) is 0 Å². The highest BCUT2D eigenvalue weighted by Gasteiger charge is 1.81. The summed E-state index contributed by atoms with van der Waals surface area (Å²) >= 11 is 0. The molecule has 0 aliphatic heterocycles. The third-order valence-electron chi connectivity index (χ3n) is 1.19. The molecule has 0 aromatic carbocycles. The van der Waals surface area contributed by atoms with Gasteiger partial charge in [-0.25, -0.2) is 4.98 Å². The second kappa shape index (κ2) is 4.33. The number of nitrogens with zero attached hydrogens (tertiary/aromatic N) is 3. The van der Waals surface area contributed by atoms with E-state index in [0.29, 0.717) is 0 Å². The molecule has 0 spiro atoms. The summed E-state index contributed by atoms with van der Waals surface area (Å²) in [6.45, 7) is 1.97. The van der Waals surface area contributed by atoms with Gasteiger partial charge in [-0.05, 0) is 13.0 Å². The van der Waals surface area contributed by atoms with Crippen LogP contribution >= 0.6 is 0 Å². The SMILES string of the molecule is Cc1ccn(C)n1.c1cocn1. The minimum absolute atomic E-state index is 1.07.